The number of rotatable bonds is 5. The fourth-order valence-corrected chi connectivity index (χ4v) is 4.16. The molecule has 7 heteroatoms. The van der Waals surface area contributed by atoms with E-state index in [9.17, 15) is 14.4 Å². The molecule has 4 rings (SSSR count). The molecule has 1 aromatic carbocycles. The second-order valence-electron chi connectivity index (χ2n) is 8.22. The maximum atomic E-state index is 13.2. The summed E-state index contributed by atoms with van der Waals surface area (Å²) in [5, 5.41) is 2.87. The number of nitrogens with zero attached hydrogens (tertiary/aromatic N) is 3. The molecule has 0 bridgehead atoms. The molecule has 3 fully saturated rings. The number of anilines is 2. The largest absolute Gasteiger partial charge is 0.367 e. The first-order valence-electron chi connectivity index (χ1n) is 10.8. The zero-order valence-corrected chi connectivity index (χ0v) is 17.2. The molecular weight excluding hydrogens is 368 g/mol. The summed E-state index contributed by atoms with van der Waals surface area (Å²) < 4.78 is 0. The lowest BCUT2D eigenvalue weighted by molar-refractivity contribution is -0.132. The summed E-state index contributed by atoms with van der Waals surface area (Å²) in [6.45, 7) is 6.21. The molecule has 1 N–H and O–H groups in total. The van der Waals surface area contributed by atoms with Crippen LogP contribution in [-0.2, 0) is 9.59 Å². The van der Waals surface area contributed by atoms with E-state index in [4.69, 9.17) is 0 Å². The molecule has 0 unspecified atom stereocenters. The topological polar surface area (TPSA) is 73.0 Å². The highest BCUT2D eigenvalue weighted by molar-refractivity contribution is 6.02. The summed E-state index contributed by atoms with van der Waals surface area (Å²) in [5.74, 6) is 0.497. The van der Waals surface area contributed by atoms with Crippen LogP contribution < -0.4 is 10.2 Å². The van der Waals surface area contributed by atoms with E-state index in [2.05, 4.69) is 10.2 Å². The van der Waals surface area contributed by atoms with Crippen molar-refractivity contribution in [3.63, 3.8) is 0 Å². The summed E-state index contributed by atoms with van der Waals surface area (Å²) in [5.41, 5.74) is 2.20. The van der Waals surface area contributed by atoms with Crippen molar-refractivity contribution < 1.29 is 14.4 Å². The van der Waals surface area contributed by atoms with Gasteiger partial charge >= 0.3 is 0 Å². The molecule has 0 aromatic heterocycles. The zero-order chi connectivity index (χ0) is 20.4. The Labute approximate surface area is 172 Å². The summed E-state index contributed by atoms with van der Waals surface area (Å²) in [6.07, 6.45) is 4.52. The van der Waals surface area contributed by atoms with Gasteiger partial charge in [-0.15, -0.1) is 0 Å². The molecule has 3 amide bonds. The minimum Gasteiger partial charge on any atom is -0.367 e. The highest BCUT2D eigenvalue weighted by Crippen LogP contribution is 2.32. The molecular formula is C22H30N4O3. The van der Waals surface area contributed by atoms with Crippen molar-refractivity contribution in [1.82, 2.24) is 9.80 Å². The van der Waals surface area contributed by atoms with Crippen LogP contribution in [0.15, 0.2) is 18.2 Å². The molecule has 2 saturated heterocycles. The summed E-state index contributed by atoms with van der Waals surface area (Å²) in [4.78, 5) is 43.4. The van der Waals surface area contributed by atoms with Crippen molar-refractivity contribution in [3.05, 3.63) is 23.8 Å². The average Bonchev–Trinajstić information content (AvgIpc) is 3.46. The van der Waals surface area contributed by atoms with Crippen LogP contribution in [0, 0.1) is 5.92 Å². The van der Waals surface area contributed by atoms with E-state index < -0.39 is 0 Å². The lowest BCUT2D eigenvalue weighted by atomic mass is 10.1. The molecule has 7 nitrogen and oxygen atoms in total. The minimum absolute atomic E-state index is 0.0292. The second-order valence-corrected chi connectivity index (χ2v) is 8.22. The lowest BCUT2D eigenvalue weighted by Gasteiger charge is -2.37. The quantitative estimate of drug-likeness (QED) is 0.826. The predicted octanol–water partition coefficient (Wildman–Crippen LogP) is 2.33. The lowest BCUT2D eigenvalue weighted by Crippen LogP contribution is -2.49. The molecule has 156 valence electrons. The Morgan fingerprint density at radius 3 is 2.28 bits per heavy atom. The zero-order valence-electron chi connectivity index (χ0n) is 17.2. The van der Waals surface area contributed by atoms with E-state index >= 15 is 0 Å². The van der Waals surface area contributed by atoms with E-state index in [0.717, 1.165) is 57.5 Å². The Hall–Kier alpha value is -2.57. The van der Waals surface area contributed by atoms with Crippen LogP contribution in [0.3, 0.4) is 0 Å². The summed E-state index contributed by atoms with van der Waals surface area (Å²) in [6, 6.07) is 5.61. The van der Waals surface area contributed by atoms with E-state index in [-0.39, 0.29) is 23.6 Å². The average molecular weight is 399 g/mol. The molecule has 1 aromatic rings. The minimum atomic E-state index is -0.0653. The second kappa shape index (κ2) is 8.43. The van der Waals surface area contributed by atoms with Gasteiger partial charge in [0.15, 0.2) is 0 Å². The monoisotopic (exact) mass is 398 g/mol. The van der Waals surface area contributed by atoms with Gasteiger partial charge in [0.1, 0.15) is 0 Å². The fraction of sp³-hybridized carbons (Fsp3) is 0.591. The molecule has 3 aliphatic rings. The van der Waals surface area contributed by atoms with Gasteiger partial charge in [-0.25, -0.2) is 0 Å². The Bertz CT molecular complexity index is 791. The Balaban J connectivity index is 1.53. The first-order chi connectivity index (χ1) is 14.1. The van der Waals surface area contributed by atoms with Crippen molar-refractivity contribution in [3.8, 4) is 0 Å². The molecule has 2 aliphatic heterocycles. The van der Waals surface area contributed by atoms with E-state index in [1.54, 1.807) is 0 Å². The Kier molecular flexibility index (Phi) is 5.74. The SMILES string of the molecule is CCC(=O)Nc1ccc(N2CCN(C(=O)C3CC3)CC2)c(C(=O)N2CCCC2)c1. The van der Waals surface area contributed by atoms with E-state index in [1.807, 2.05) is 34.9 Å². The van der Waals surface area contributed by atoms with Gasteiger partial charge in [-0.2, -0.15) is 0 Å². The number of amides is 3. The molecule has 0 radical (unpaired) electrons. The van der Waals surface area contributed by atoms with Crippen molar-refractivity contribution in [2.75, 3.05) is 49.5 Å². The molecule has 2 heterocycles. The normalized spacial score (nSPS) is 19.4. The summed E-state index contributed by atoms with van der Waals surface area (Å²) in [7, 11) is 0. The van der Waals surface area contributed by atoms with Crippen LogP contribution in [0.4, 0.5) is 11.4 Å². The molecule has 0 atom stereocenters. The number of likely N-dealkylation sites (tertiary alicyclic amines) is 1. The van der Waals surface area contributed by atoms with Crippen LogP contribution in [0.5, 0.6) is 0 Å². The van der Waals surface area contributed by atoms with Gasteiger partial charge in [0.05, 0.1) is 5.56 Å². The van der Waals surface area contributed by atoms with Gasteiger partial charge in [-0.05, 0) is 43.9 Å². The molecule has 1 saturated carbocycles. The van der Waals surface area contributed by atoms with Crippen LogP contribution in [-0.4, -0.2) is 66.8 Å². The van der Waals surface area contributed by atoms with Crippen molar-refractivity contribution in [1.29, 1.82) is 0 Å². The van der Waals surface area contributed by atoms with Gasteiger partial charge in [-0.3, -0.25) is 14.4 Å². The third kappa shape index (κ3) is 4.38. The Morgan fingerprint density at radius 2 is 1.66 bits per heavy atom. The van der Waals surface area contributed by atoms with Crippen LogP contribution >= 0.6 is 0 Å². The number of nitrogens with one attached hydrogen (secondary N) is 1. The Morgan fingerprint density at radius 1 is 0.966 bits per heavy atom. The van der Waals surface area contributed by atoms with Gasteiger partial charge in [-0.1, -0.05) is 6.92 Å². The van der Waals surface area contributed by atoms with Crippen LogP contribution in [0.25, 0.3) is 0 Å². The highest BCUT2D eigenvalue weighted by atomic mass is 16.2. The maximum Gasteiger partial charge on any atom is 0.256 e. The number of carbonyl (C=O) groups excluding carboxylic acids is 3. The van der Waals surface area contributed by atoms with Crippen molar-refractivity contribution in [2.24, 2.45) is 5.92 Å². The van der Waals surface area contributed by atoms with Gasteiger partial charge < -0.3 is 20.0 Å². The first-order valence-corrected chi connectivity index (χ1v) is 10.8. The number of piperazine rings is 1. The summed E-state index contributed by atoms with van der Waals surface area (Å²) >= 11 is 0. The van der Waals surface area contributed by atoms with Crippen molar-refractivity contribution >= 4 is 29.1 Å². The highest BCUT2D eigenvalue weighted by Gasteiger charge is 2.35. The maximum absolute atomic E-state index is 13.2. The third-order valence-electron chi connectivity index (χ3n) is 6.08. The van der Waals surface area contributed by atoms with Crippen molar-refractivity contribution in [2.45, 2.75) is 39.0 Å². The number of carbonyl (C=O) groups is 3. The molecule has 1 aliphatic carbocycles. The predicted molar refractivity (Wildman–Crippen MR) is 112 cm³/mol. The number of hydrogen-bond donors (Lipinski definition) is 1. The smallest absolute Gasteiger partial charge is 0.256 e. The van der Waals surface area contributed by atoms with E-state index in [0.29, 0.717) is 30.8 Å². The molecule has 29 heavy (non-hydrogen) atoms. The number of hydrogen-bond acceptors (Lipinski definition) is 4. The van der Waals surface area contributed by atoms with E-state index in [1.165, 1.54) is 0 Å². The molecule has 0 spiro atoms. The van der Waals surface area contributed by atoms with Crippen LogP contribution in [0.2, 0.25) is 0 Å². The number of benzene rings is 1. The fourth-order valence-electron chi connectivity index (χ4n) is 4.16. The third-order valence-corrected chi connectivity index (χ3v) is 6.08. The van der Waals surface area contributed by atoms with Gasteiger partial charge in [0.2, 0.25) is 11.8 Å². The first kappa shape index (κ1) is 19.7. The standard InChI is InChI=1S/C22H30N4O3/c1-2-20(27)23-17-7-8-19(18(15-17)22(29)25-9-3-4-10-25)24-11-13-26(14-12-24)21(28)16-5-6-16/h7-8,15-16H,2-6,9-14H2,1H3,(H,23,27). The van der Waals surface area contributed by atoms with Crippen LogP contribution in [0.1, 0.15) is 49.4 Å². The van der Waals surface area contributed by atoms with Gasteiger partial charge in [0.25, 0.3) is 5.91 Å². The van der Waals surface area contributed by atoms with Gasteiger partial charge in [0, 0.05) is 63.0 Å².